The minimum absolute atomic E-state index is 0.103. The van der Waals surface area contributed by atoms with E-state index in [0.29, 0.717) is 12.2 Å². The molecule has 108 valence electrons. The van der Waals surface area contributed by atoms with Gasteiger partial charge in [-0.1, -0.05) is 0 Å². The second-order valence-corrected chi connectivity index (χ2v) is 4.65. The number of benzene rings is 1. The van der Waals surface area contributed by atoms with Gasteiger partial charge in [0.25, 0.3) is 0 Å². The van der Waals surface area contributed by atoms with Crippen LogP contribution in [0.15, 0.2) is 30.6 Å². The highest BCUT2D eigenvalue weighted by Crippen LogP contribution is 2.34. The first kappa shape index (κ1) is 14.2. The molecule has 0 bridgehead atoms. The van der Waals surface area contributed by atoms with Crippen LogP contribution < -0.4 is 10.6 Å². The predicted octanol–water partition coefficient (Wildman–Crippen LogP) is 2.66. The Balaban J connectivity index is 2.20. The predicted molar refractivity (Wildman–Crippen MR) is 71.2 cm³/mol. The summed E-state index contributed by atoms with van der Waals surface area (Å²) in [4.78, 5) is 1.78. The van der Waals surface area contributed by atoms with Gasteiger partial charge in [-0.2, -0.15) is 18.3 Å². The Kier molecular flexibility index (Phi) is 3.61. The van der Waals surface area contributed by atoms with Crippen LogP contribution in [0.4, 0.5) is 24.5 Å². The Bertz CT molecular complexity index is 604. The molecule has 0 unspecified atom stereocenters. The topological polar surface area (TPSA) is 47.1 Å². The van der Waals surface area contributed by atoms with E-state index in [1.54, 1.807) is 29.9 Å². The van der Waals surface area contributed by atoms with E-state index in [0.717, 1.165) is 17.7 Å². The van der Waals surface area contributed by atoms with E-state index in [2.05, 4.69) is 5.10 Å². The monoisotopic (exact) mass is 284 g/mol. The van der Waals surface area contributed by atoms with Gasteiger partial charge in [0.2, 0.25) is 0 Å². The summed E-state index contributed by atoms with van der Waals surface area (Å²) in [5.41, 5.74) is 6.59. The van der Waals surface area contributed by atoms with Gasteiger partial charge in [0, 0.05) is 32.4 Å². The van der Waals surface area contributed by atoms with Gasteiger partial charge in [-0.15, -0.1) is 0 Å². The molecule has 1 aromatic heterocycles. The van der Waals surface area contributed by atoms with Crippen LogP contribution in [0, 0.1) is 0 Å². The zero-order valence-electron chi connectivity index (χ0n) is 11.1. The van der Waals surface area contributed by atoms with Crippen LogP contribution >= 0.6 is 0 Å². The maximum atomic E-state index is 12.6. The summed E-state index contributed by atoms with van der Waals surface area (Å²) >= 11 is 0. The fraction of sp³-hybridized carbons (Fsp3) is 0.308. The zero-order valence-corrected chi connectivity index (χ0v) is 11.1. The maximum Gasteiger partial charge on any atom is 0.416 e. The van der Waals surface area contributed by atoms with Crippen molar-refractivity contribution < 1.29 is 13.2 Å². The van der Waals surface area contributed by atoms with E-state index in [9.17, 15) is 13.2 Å². The highest BCUT2D eigenvalue weighted by Gasteiger charge is 2.31. The van der Waals surface area contributed by atoms with E-state index in [1.807, 2.05) is 6.20 Å². The summed E-state index contributed by atoms with van der Waals surface area (Å²) in [5.74, 6) is 0. The van der Waals surface area contributed by atoms with Crippen molar-refractivity contribution in [1.82, 2.24) is 9.78 Å². The molecule has 0 aliphatic rings. The Labute approximate surface area is 114 Å². The lowest BCUT2D eigenvalue weighted by Crippen LogP contribution is -2.18. The minimum atomic E-state index is -4.38. The molecule has 0 fully saturated rings. The standard InChI is InChI=1S/C13H15F3N4/c1-19(7-9-6-18-20(2)8-9)12-4-3-10(5-11(12)17)13(14,15)16/h3-6,8H,7,17H2,1-2H3. The molecule has 0 atom stereocenters. The van der Waals surface area contributed by atoms with Crippen molar-refractivity contribution in [2.45, 2.75) is 12.7 Å². The van der Waals surface area contributed by atoms with Crippen LogP contribution in [0.3, 0.4) is 0 Å². The van der Waals surface area contributed by atoms with Gasteiger partial charge in [0.1, 0.15) is 0 Å². The quantitative estimate of drug-likeness (QED) is 0.881. The molecule has 1 heterocycles. The highest BCUT2D eigenvalue weighted by molar-refractivity contribution is 5.68. The van der Waals surface area contributed by atoms with Crippen molar-refractivity contribution in [1.29, 1.82) is 0 Å². The molecule has 4 nitrogen and oxygen atoms in total. The van der Waals surface area contributed by atoms with Gasteiger partial charge in [0.05, 0.1) is 23.1 Å². The Morgan fingerprint density at radius 1 is 1.35 bits per heavy atom. The molecular formula is C13H15F3N4. The number of nitrogen functional groups attached to an aromatic ring is 1. The molecule has 0 aliphatic carbocycles. The molecule has 1 aromatic carbocycles. The summed E-state index contributed by atoms with van der Waals surface area (Å²) in [6, 6.07) is 3.37. The fourth-order valence-corrected chi connectivity index (χ4v) is 1.99. The number of hydrogen-bond acceptors (Lipinski definition) is 3. The van der Waals surface area contributed by atoms with Crippen molar-refractivity contribution in [3.63, 3.8) is 0 Å². The molecule has 2 N–H and O–H groups in total. The van der Waals surface area contributed by atoms with Crippen molar-refractivity contribution in [2.24, 2.45) is 7.05 Å². The Morgan fingerprint density at radius 3 is 2.55 bits per heavy atom. The lowest BCUT2D eigenvalue weighted by atomic mass is 10.1. The molecule has 0 spiro atoms. The number of rotatable bonds is 3. The maximum absolute atomic E-state index is 12.6. The van der Waals surface area contributed by atoms with Crippen molar-refractivity contribution in [3.8, 4) is 0 Å². The number of nitrogens with zero attached hydrogens (tertiary/aromatic N) is 3. The van der Waals surface area contributed by atoms with E-state index < -0.39 is 11.7 Å². The number of nitrogens with two attached hydrogens (primary N) is 1. The molecule has 20 heavy (non-hydrogen) atoms. The third kappa shape index (κ3) is 3.04. The molecule has 0 amide bonds. The third-order valence-electron chi connectivity index (χ3n) is 2.94. The lowest BCUT2D eigenvalue weighted by Gasteiger charge is -2.21. The number of hydrogen-bond donors (Lipinski definition) is 1. The van der Waals surface area contributed by atoms with E-state index in [-0.39, 0.29) is 5.69 Å². The summed E-state index contributed by atoms with van der Waals surface area (Å²) < 4.78 is 39.4. The number of anilines is 2. The molecule has 2 rings (SSSR count). The average Bonchev–Trinajstić information content (AvgIpc) is 2.73. The molecule has 7 heteroatoms. The van der Waals surface area contributed by atoms with Gasteiger partial charge >= 0.3 is 6.18 Å². The van der Waals surface area contributed by atoms with Crippen molar-refractivity contribution in [3.05, 3.63) is 41.7 Å². The van der Waals surface area contributed by atoms with Gasteiger partial charge in [-0.3, -0.25) is 4.68 Å². The molecule has 0 saturated carbocycles. The minimum Gasteiger partial charge on any atom is -0.397 e. The largest absolute Gasteiger partial charge is 0.416 e. The fourth-order valence-electron chi connectivity index (χ4n) is 1.99. The van der Waals surface area contributed by atoms with Crippen LogP contribution in [0.1, 0.15) is 11.1 Å². The highest BCUT2D eigenvalue weighted by atomic mass is 19.4. The number of aryl methyl sites for hydroxylation is 1. The van der Waals surface area contributed by atoms with E-state index in [1.165, 1.54) is 6.07 Å². The number of aromatic nitrogens is 2. The molecule has 0 aliphatic heterocycles. The first-order valence-electron chi connectivity index (χ1n) is 5.93. The van der Waals surface area contributed by atoms with Gasteiger partial charge < -0.3 is 10.6 Å². The Morgan fingerprint density at radius 2 is 2.05 bits per heavy atom. The van der Waals surface area contributed by atoms with Crippen LogP contribution in [0.25, 0.3) is 0 Å². The SMILES string of the molecule is CN(Cc1cnn(C)c1)c1ccc(C(F)(F)F)cc1N. The molecule has 0 saturated heterocycles. The summed E-state index contributed by atoms with van der Waals surface area (Å²) in [6.07, 6.45) is -0.831. The van der Waals surface area contributed by atoms with E-state index >= 15 is 0 Å². The first-order chi connectivity index (χ1) is 9.27. The smallest absolute Gasteiger partial charge is 0.397 e. The van der Waals surface area contributed by atoms with Gasteiger partial charge in [-0.05, 0) is 18.2 Å². The second-order valence-electron chi connectivity index (χ2n) is 4.65. The molecule has 2 aromatic rings. The van der Waals surface area contributed by atoms with Crippen LogP contribution in [-0.4, -0.2) is 16.8 Å². The number of alkyl halides is 3. The molecular weight excluding hydrogens is 269 g/mol. The summed E-state index contributed by atoms with van der Waals surface area (Å²) in [7, 11) is 3.57. The average molecular weight is 284 g/mol. The number of halogens is 3. The lowest BCUT2D eigenvalue weighted by molar-refractivity contribution is -0.137. The zero-order chi connectivity index (χ0) is 14.9. The van der Waals surface area contributed by atoms with Crippen molar-refractivity contribution >= 4 is 11.4 Å². The first-order valence-corrected chi connectivity index (χ1v) is 5.93. The van der Waals surface area contributed by atoms with Crippen molar-refractivity contribution in [2.75, 3.05) is 17.7 Å². The normalized spacial score (nSPS) is 11.7. The third-order valence-corrected chi connectivity index (χ3v) is 2.94. The van der Waals surface area contributed by atoms with Crippen LogP contribution in [0.2, 0.25) is 0 Å². The second kappa shape index (κ2) is 5.07. The summed E-state index contributed by atoms with van der Waals surface area (Å²) in [6.45, 7) is 0.517. The Hall–Kier alpha value is -2.18. The van der Waals surface area contributed by atoms with E-state index in [4.69, 9.17) is 5.73 Å². The van der Waals surface area contributed by atoms with Gasteiger partial charge in [0.15, 0.2) is 0 Å². The van der Waals surface area contributed by atoms with Crippen LogP contribution in [-0.2, 0) is 19.8 Å². The summed E-state index contributed by atoms with van der Waals surface area (Å²) in [5, 5.41) is 4.04. The van der Waals surface area contributed by atoms with Gasteiger partial charge in [-0.25, -0.2) is 0 Å². The van der Waals surface area contributed by atoms with Crippen LogP contribution in [0.5, 0.6) is 0 Å². The molecule has 0 radical (unpaired) electrons.